The van der Waals surface area contributed by atoms with E-state index in [9.17, 15) is 4.79 Å². The van der Waals surface area contributed by atoms with Crippen LogP contribution in [0.15, 0.2) is 24.4 Å². The molecule has 0 aromatic carbocycles. The monoisotopic (exact) mass is 205 g/mol. The molecule has 3 nitrogen and oxygen atoms in total. The molecule has 0 spiro atoms. The van der Waals surface area contributed by atoms with Crippen molar-refractivity contribution in [3.05, 3.63) is 30.1 Å². The van der Waals surface area contributed by atoms with Crippen molar-refractivity contribution in [2.45, 2.75) is 31.6 Å². The molecule has 80 valence electrons. The van der Waals surface area contributed by atoms with Crippen LogP contribution in [0.4, 0.5) is 0 Å². The number of hydrogen-bond donors (Lipinski definition) is 1. The van der Waals surface area contributed by atoms with Crippen molar-refractivity contribution >= 4 is 5.97 Å². The van der Waals surface area contributed by atoms with Gasteiger partial charge in [0, 0.05) is 6.20 Å². The molecule has 1 atom stereocenters. The van der Waals surface area contributed by atoms with E-state index in [2.05, 4.69) is 4.98 Å². The molecular weight excluding hydrogens is 190 g/mol. The van der Waals surface area contributed by atoms with E-state index >= 15 is 0 Å². The fourth-order valence-corrected chi connectivity index (χ4v) is 1.79. The zero-order chi connectivity index (χ0) is 10.7. The number of carboxylic acid groups (broad SMARTS) is 1. The van der Waals surface area contributed by atoms with E-state index in [1.165, 1.54) is 12.8 Å². The Morgan fingerprint density at radius 3 is 2.87 bits per heavy atom. The topological polar surface area (TPSA) is 50.2 Å². The van der Waals surface area contributed by atoms with Gasteiger partial charge in [-0.3, -0.25) is 9.78 Å². The Balaban J connectivity index is 2.01. The molecule has 1 N–H and O–H groups in total. The highest BCUT2D eigenvalue weighted by atomic mass is 16.4. The molecule has 1 saturated carbocycles. The van der Waals surface area contributed by atoms with E-state index < -0.39 is 11.9 Å². The maximum absolute atomic E-state index is 11.1. The molecule has 2 rings (SSSR count). The van der Waals surface area contributed by atoms with Gasteiger partial charge in [0.05, 0.1) is 11.6 Å². The molecular formula is C12H15NO2. The summed E-state index contributed by atoms with van der Waals surface area (Å²) in [4.78, 5) is 15.2. The molecule has 1 fully saturated rings. The number of pyridine rings is 1. The molecule has 0 saturated heterocycles. The molecule has 0 amide bonds. The van der Waals surface area contributed by atoms with Crippen molar-refractivity contribution in [2.24, 2.45) is 5.92 Å². The van der Waals surface area contributed by atoms with Gasteiger partial charge in [0.25, 0.3) is 0 Å². The highest BCUT2D eigenvalue weighted by Crippen LogP contribution is 2.36. The highest BCUT2D eigenvalue weighted by Gasteiger charge is 2.26. The van der Waals surface area contributed by atoms with Crippen LogP contribution in [0, 0.1) is 5.92 Å². The minimum Gasteiger partial charge on any atom is -0.481 e. The molecule has 15 heavy (non-hydrogen) atoms. The van der Waals surface area contributed by atoms with Gasteiger partial charge in [-0.15, -0.1) is 0 Å². The summed E-state index contributed by atoms with van der Waals surface area (Å²) in [5, 5.41) is 9.12. The molecule has 1 aromatic heterocycles. The molecule has 0 aliphatic heterocycles. The SMILES string of the molecule is O=C(O)C(CCC1CC1)c1ccccn1. The summed E-state index contributed by atoms with van der Waals surface area (Å²) >= 11 is 0. The molecule has 1 unspecified atom stereocenters. The number of aliphatic carboxylic acids is 1. The van der Waals surface area contributed by atoms with Crippen molar-refractivity contribution in [1.82, 2.24) is 4.98 Å². The van der Waals surface area contributed by atoms with E-state index in [1.807, 2.05) is 12.1 Å². The van der Waals surface area contributed by atoms with Crippen LogP contribution < -0.4 is 0 Å². The van der Waals surface area contributed by atoms with Crippen molar-refractivity contribution in [2.75, 3.05) is 0 Å². The van der Waals surface area contributed by atoms with Gasteiger partial charge >= 0.3 is 5.97 Å². The number of hydrogen-bond acceptors (Lipinski definition) is 2. The third kappa shape index (κ3) is 2.78. The molecule has 0 bridgehead atoms. The number of aromatic nitrogens is 1. The third-order valence-corrected chi connectivity index (χ3v) is 2.90. The maximum atomic E-state index is 11.1. The second-order valence-corrected chi connectivity index (χ2v) is 4.17. The van der Waals surface area contributed by atoms with Crippen LogP contribution >= 0.6 is 0 Å². The molecule has 1 aliphatic carbocycles. The van der Waals surface area contributed by atoms with E-state index in [0.29, 0.717) is 5.69 Å². The van der Waals surface area contributed by atoms with E-state index in [-0.39, 0.29) is 0 Å². The lowest BCUT2D eigenvalue weighted by Crippen LogP contribution is -2.13. The minimum absolute atomic E-state index is 0.424. The Labute approximate surface area is 89.2 Å². The summed E-state index contributed by atoms with van der Waals surface area (Å²) in [7, 11) is 0. The second kappa shape index (κ2) is 4.43. The fraction of sp³-hybridized carbons (Fsp3) is 0.500. The number of nitrogens with zero attached hydrogens (tertiary/aromatic N) is 1. The molecule has 1 aliphatic rings. The van der Waals surface area contributed by atoms with Crippen molar-refractivity contribution < 1.29 is 9.90 Å². The van der Waals surface area contributed by atoms with Gasteiger partial charge in [0.15, 0.2) is 0 Å². The maximum Gasteiger partial charge on any atom is 0.312 e. The predicted octanol–water partition coefficient (Wildman–Crippen LogP) is 2.44. The van der Waals surface area contributed by atoms with Crippen molar-refractivity contribution in [3.8, 4) is 0 Å². The average Bonchev–Trinajstić information content (AvgIpc) is 3.03. The Morgan fingerprint density at radius 1 is 1.53 bits per heavy atom. The summed E-state index contributed by atoms with van der Waals surface area (Å²) in [6, 6.07) is 5.45. The first-order chi connectivity index (χ1) is 7.27. The summed E-state index contributed by atoms with van der Waals surface area (Å²) < 4.78 is 0. The van der Waals surface area contributed by atoms with E-state index in [0.717, 1.165) is 18.8 Å². The summed E-state index contributed by atoms with van der Waals surface area (Å²) in [5.41, 5.74) is 0.686. The Kier molecular flexibility index (Phi) is 2.99. The van der Waals surface area contributed by atoms with Gasteiger partial charge in [0.2, 0.25) is 0 Å². The van der Waals surface area contributed by atoms with Crippen LogP contribution in [-0.4, -0.2) is 16.1 Å². The highest BCUT2D eigenvalue weighted by molar-refractivity contribution is 5.75. The van der Waals surface area contributed by atoms with Gasteiger partial charge in [-0.1, -0.05) is 18.9 Å². The predicted molar refractivity (Wildman–Crippen MR) is 56.6 cm³/mol. The first-order valence-electron chi connectivity index (χ1n) is 5.41. The van der Waals surface area contributed by atoms with E-state index in [1.54, 1.807) is 12.3 Å². The second-order valence-electron chi connectivity index (χ2n) is 4.17. The lowest BCUT2D eigenvalue weighted by molar-refractivity contribution is -0.139. The first kappa shape index (κ1) is 10.1. The molecule has 0 radical (unpaired) electrons. The number of carboxylic acids is 1. The molecule has 1 aromatic rings. The van der Waals surface area contributed by atoms with Crippen LogP contribution in [0.1, 0.15) is 37.3 Å². The largest absolute Gasteiger partial charge is 0.481 e. The van der Waals surface area contributed by atoms with Crippen LogP contribution in [0.5, 0.6) is 0 Å². The minimum atomic E-state index is -0.755. The van der Waals surface area contributed by atoms with Gasteiger partial charge < -0.3 is 5.11 Å². The molecule has 1 heterocycles. The smallest absolute Gasteiger partial charge is 0.312 e. The van der Waals surface area contributed by atoms with Crippen LogP contribution in [0.25, 0.3) is 0 Å². The summed E-state index contributed by atoms with van der Waals surface area (Å²) in [5.74, 6) is -0.406. The van der Waals surface area contributed by atoms with Gasteiger partial charge in [-0.2, -0.15) is 0 Å². The lowest BCUT2D eigenvalue weighted by atomic mass is 9.97. The van der Waals surface area contributed by atoms with Crippen LogP contribution in [0.2, 0.25) is 0 Å². The quantitative estimate of drug-likeness (QED) is 0.803. The Bertz CT molecular complexity index is 333. The summed E-state index contributed by atoms with van der Waals surface area (Å²) in [6.07, 6.45) is 5.94. The van der Waals surface area contributed by atoms with Gasteiger partial charge in [-0.25, -0.2) is 0 Å². The summed E-state index contributed by atoms with van der Waals surface area (Å²) in [6.45, 7) is 0. The number of rotatable bonds is 5. The lowest BCUT2D eigenvalue weighted by Gasteiger charge is -2.10. The zero-order valence-electron chi connectivity index (χ0n) is 8.60. The van der Waals surface area contributed by atoms with Crippen molar-refractivity contribution in [1.29, 1.82) is 0 Å². The first-order valence-corrected chi connectivity index (χ1v) is 5.41. The normalized spacial score (nSPS) is 17.3. The Hall–Kier alpha value is -1.38. The number of carbonyl (C=O) groups is 1. The standard InChI is InChI=1S/C12H15NO2/c14-12(15)10(7-6-9-4-5-9)11-3-1-2-8-13-11/h1-3,8-10H,4-7H2,(H,14,15). The fourth-order valence-electron chi connectivity index (χ4n) is 1.79. The van der Waals surface area contributed by atoms with Gasteiger partial charge in [-0.05, 0) is 30.9 Å². The van der Waals surface area contributed by atoms with Crippen LogP contribution in [0.3, 0.4) is 0 Å². The third-order valence-electron chi connectivity index (χ3n) is 2.90. The van der Waals surface area contributed by atoms with Crippen molar-refractivity contribution in [3.63, 3.8) is 0 Å². The van der Waals surface area contributed by atoms with Crippen LogP contribution in [-0.2, 0) is 4.79 Å². The average molecular weight is 205 g/mol. The Morgan fingerprint density at radius 2 is 2.33 bits per heavy atom. The van der Waals surface area contributed by atoms with E-state index in [4.69, 9.17) is 5.11 Å². The van der Waals surface area contributed by atoms with Gasteiger partial charge in [0.1, 0.15) is 0 Å². The molecule has 3 heteroatoms. The zero-order valence-corrected chi connectivity index (χ0v) is 8.60.